The summed E-state index contributed by atoms with van der Waals surface area (Å²) in [5.74, 6) is 0.978. The highest BCUT2D eigenvalue weighted by atomic mass is 15.2. The average molecular weight is 338 g/mol. The number of para-hydroxylation sites is 1. The van der Waals surface area contributed by atoms with Crippen LogP contribution in [0, 0.1) is 0 Å². The van der Waals surface area contributed by atoms with Crippen molar-refractivity contribution in [2.45, 2.75) is 19.9 Å². The molecule has 0 aliphatic carbocycles. The highest BCUT2D eigenvalue weighted by Crippen LogP contribution is 2.30. The molecule has 2 nitrogen and oxygen atoms in total. The molecule has 2 heteroatoms. The Morgan fingerprint density at radius 2 is 1.31 bits per heavy atom. The Kier molecular flexibility index (Phi) is 4.40. The molecule has 0 N–H and O–H groups in total. The normalized spacial score (nSPS) is 11.0. The van der Waals surface area contributed by atoms with Crippen molar-refractivity contribution in [2.75, 3.05) is 4.90 Å². The largest absolute Gasteiger partial charge is 0.324 e. The van der Waals surface area contributed by atoms with Gasteiger partial charge in [-0.2, -0.15) is 0 Å². The molecular weight excluding hydrogens is 316 g/mol. The van der Waals surface area contributed by atoms with E-state index in [1.807, 2.05) is 18.2 Å². The third-order valence-corrected chi connectivity index (χ3v) is 4.60. The van der Waals surface area contributed by atoms with Gasteiger partial charge in [0.05, 0.1) is 5.52 Å². The van der Waals surface area contributed by atoms with Crippen LogP contribution < -0.4 is 4.90 Å². The SMILES string of the molecule is CC(C)N(c1ccc(-c2ccccc2)cc1)c1ccc2ccccc2n1. The molecule has 26 heavy (non-hydrogen) atoms. The number of benzene rings is 3. The van der Waals surface area contributed by atoms with Crippen LogP contribution in [0.3, 0.4) is 0 Å². The minimum atomic E-state index is 0.311. The molecule has 0 saturated carbocycles. The summed E-state index contributed by atoms with van der Waals surface area (Å²) < 4.78 is 0. The van der Waals surface area contributed by atoms with Crippen LogP contribution >= 0.6 is 0 Å². The first-order valence-electron chi connectivity index (χ1n) is 9.03. The molecule has 0 atom stereocenters. The summed E-state index contributed by atoms with van der Waals surface area (Å²) in [6.45, 7) is 4.39. The van der Waals surface area contributed by atoms with Gasteiger partial charge in [0.2, 0.25) is 0 Å². The van der Waals surface area contributed by atoms with Crippen LogP contribution in [-0.2, 0) is 0 Å². The first-order valence-corrected chi connectivity index (χ1v) is 9.03. The van der Waals surface area contributed by atoms with E-state index in [2.05, 4.69) is 91.5 Å². The first-order chi connectivity index (χ1) is 12.7. The summed E-state index contributed by atoms with van der Waals surface area (Å²) >= 11 is 0. The number of rotatable bonds is 4. The molecule has 0 amide bonds. The zero-order chi connectivity index (χ0) is 17.9. The number of fused-ring (bicyclic) bond motifs is 1. The standard InChI is InChI=1S/C24H22N2/c1-18(2)26(24-17-14-21-10-6-7-11-23(21)25-24)22-15-12-20(13-16-22)19-8-4-3-5-9-19/h3-18H,1-2H3. The lowest BCUT2D eigenvalue weighted by atomic mass is 10.1. The second kappa shape index (κ2) is 7.01. The predicted octanol–water partition coefficient (Wildman–Crippen LogP) is 6.45. The maximum absolute atomic E-state index is 4.88. The molecule has 1 heterocycles. The summed E-state index contributed by atoms with van der Waals surface area (Å²) in [5.41, 5.74) is 4.64. The van der Waals surface area contributed by atoms with Gasteiger partial charge in [0.15, 0.2) is 0 Å². The van der Waals surface area contributed by atoms with Crippen molar-refractivity contribution < 1.29 is 0 Å². The van der Waals surface area contributed by atoms with Gasteiger partial charge >= 0.3 is 0 Å². The van der Waals surface area contributed by atoms with Crippen LogP contribution in [0.15, 0.2) is 91.0 Å². The van der Waals surface area contributed by atoms with E-state index in [4.69, 9.17) is 4.98 Å². The van der Waals surface area contributed by atoms with Crippen LogP contribution in [0.4, 0.5) is 11.5 Å². The van der Waals surface area contributed by atoms with Crippen LogP contribution in [-0.4, -0.2) is 11.0 Å². The van der Waals surface area contributed by atoms with Crippen LogP contribution in [0.1, 0.15) is 13.8 Å². The topological polar surface area (TPSA) is 16.1 Å². The maximum atomic E-state index is 4.88. The lowest BCUT2D eigenvalue weighted by Gasteiger charge is -2.28. The van der Waals surface area contributed by atoms with E-state index in [-0.39, 0.29) is 0 Å². The summed E-state index contributed by atoms with van der Waals surface area (Å²) in [7, 11) is 0. The molecule has 1 aromatic heterocycles. The molecule has 4 rings (SSSR count). The Hall–Kier alpha value is -3.13. The molecule has 4 aromatic rings. The van der Waals surface area contributed by atoms with Crippen molar-refractivity contribution in [2.24, 2.45) is 0 Å². The number of anilines is 2. The number of nitrogens with zero attached hydrogens (tertiary/aromatic N) is 2. The van der Waals surface area contributed by atoms with Crippen LogP contribution in [0.5, 0.6) is 0 Å². The maximum Gasteiger partial charge on any atom is 0.133 e. The van der Waals surface area contributed by atoms with Gasteiger partial charge < -0.3 is 4.90 Å². The number of aromatic nitrogens is 1. The Bertz CT molecular complexity index is 1000. The second-order valence-electron chi connectivity index (χ2n) is 6.74. The first kappa shape index (κ1) is 16.3. The van der Waals surface area contributed by atoms with Gasteiger partial charge in [-0.05, 0) is 55.3 Å². The third-order valence-electron chi connectivity index (χ3n) is 4.60. The van der Waals surface area contributed by atoms with E-state index >= 15 is 0 Å². The summed E-state index contributed by atoms with van der Waals surface area (Å²) in [6.07, 6.45) is 0. The summed E-state index contributed by atoms with van der Waals surface area (Å²) in [6, 6.07) is 32.0. The van der Waals surface area contributed by atoms with Gasteiger partial charge in [0, 0.05) is 17.1 Å². The molecule has 3 aromatic carbocycles. The van der Waals surface area contributed by atoms with Crippen LogP contribution in [0.2, 0.25) is 0 Å². The molecule has 0 unspecified atom stereocenters. The van der Waals surface area contributed by atoms with Gasteiger partial charge in [-0.3, -0.25) is 0 Å². The Morgan fingerprint density at radius 1 is 0.654 bits per heavy atom. The fourth-order valence-corrected chi connectivity index (χ4v) is 3.33. The zero-order valence-electron chi connectivity index (χ0n) is 15.1. The molecule has 0 saturated heterocycles. The van der Waals surface area contributed by atoms with Gasteiger partial charge in [-0.15, -0.1) is 0 Å². The van der Waals surface area contributed by atoms with Crippen LogP contribution in [0.25, 0.3) is 22.0 Å². The minimum Gasteiger partial charge on any atom is -0.324 e. The Labute approximate surface area is 154 Å². The molecule has 0 bridgehead atoms. The lowest BCUT2D eigenvalue weighted by Crippen LogP contribution is -2.26. The van der Waals surface area contributed by atoms with E-state index in [1.54, 1.807) is 0 Å². The van der Waals surface area contributed by atoms with E-state index < -0.39 is 0 Å². The molecule has 0 aliphatic rings. The van der Waals surface area contributed by atoms with E-state index in [0.717, 1.165) is 17.0 Å². The number of hydrogen-bond donors (Lipinski definition) is 0. The van der Waals surface area contributed by atoms with Gasteiger partial charge in [-0.1, -0.05) is 60.7 Å². The Balaban J connectivity index is 1.72. The molecule has 0 fully saturated rings. The fourth-order valence-electron chi connectivity index (χ4n) is 3.33. The molecule has 128 valence electrons. The molecule has 0 spiro atoms. The quantitative estimate of drug-likeness (QED) is 0.425. The van der Waals surface area contributed by atoms with E-state index in [1.165, 1.54) is 16.5 Å². The lowest BCUT2D eigenvalue weighted by molar-refractivity contribution is 0.779. The van der Waals surface area contributed by atoms with E-state index in [9.17, 15) is 0 Å². The van der Waals surface area contributed by atoms with Crippen molar-refractivity contribution in [3.8, 4) is 11.1 Å². The number of pyridine rings is 1. The second-order valence-corrected chi connectivity index (χ2v) is 6.74. The molecule has 0 aliphatic heterocycles. The van der Waals surface area contributed by atoms with E-state index in [0.29, 0.717) is 6.04 Å². The highest BCUT2D eigenvalue weighted by Gasteiger charge is 2.15. The molecule has 0 radical (unpaired) electrons. The van der Waals surface area contributed by atoms with Crippen molar-refractivity contribution in [3.05, 3.63) is 91.0 Å². The van der Waals surface area contributed by atoms with Gasteiger partial charge in [0.1, 0.15) is 5.82 Å². The fraction of sp³-hybridized carbons (Fsp3) is 0.125. The summed E-state index contributed by atoms with van der Waals surface area (Å²) in [5, 5.41) is 1.17. The Morgan fingerprint density at radius 3 is 2.04 bits per heavy atom. The minimum absolute atomic E-state index is 0.311. The van der Waals surface area contributed by atoms with Gasteiger partial charge in [0.25, 0.3) is 0 Å². The monoisotopic (exact) mass is 338 g/mol. The third kappa shape index (κ3) is 3.18. The number of hydrogen-bond acceptors (Lipinski definition) is 2. The smallest absolute Gasteiger partial charge is 0.133 e. The highest BCUT2D eigenvalue weighted by molar-refractivity contribution is 5.81. The van der Waals surface area contributed by atoms with Crippen molar-refractivity contribution in [3.63, 3.8) is 0 Å². The van der Waals surface area contributed by atoms with Crippen molar-refractivity contribution >= 4 is 22.4 Å². The van der Waals surface area contributed by atoms with Crippen molar-refractivity contribution in [1.82, 2.24) is 4.98 Å². The zero-order valence-corrected chi connectivity index (χ0v) is 15.1. The van der Waals surface area contributed by atoms with Crippen molar-refractivity contribution in [1.29, 1.82) is 0 Å². The van der Waals surface area contributed by atoms with Gasteiger partial charge in [-0.25, -0.2) is 4.98 Å². The molecular formula is C24H22N2. The summed E-state index contributed by atoms with van der Waals surface area (Å²) in [4.78, 5) is 7.16. The predicted molar refractivity (Wildman–Crippen MR) is 111 cm³/mol. The average Bonchev–Trinajstić information content (AvgIpc) is 2.69.